The van der Waals surface area contributed by atoms with Crippen molar-refractivity contribution in [3.8, 4) is 0 Å². The molecule has 4 saturated heterocycles. The third-order valence-corrected chi connectivity index (χ3v) is 17.3. The summed E-state index contributed by atoms with van der Waals surface area (Å²) in [4.78, 5) is 54.0. The van der Waals surface area contributed by atoms with Gasteiger partial charge in [0.05, 0.1) is 122 Å². The summed E-state index contributed by atoms with van der Waals surface area (Å²) < 4.78 is 4.08. The zero-order chi connectivity index (χ0) is 47.6. The van der Waals surface area contributed by atoms with E-state index in [1.54, 1.807) is 0 Å². The molecule has 0 saturated carbocycles. The first-order valence-electron chi connectivity index (χ1n) is 26.3. The lowest BCUT2D eigenvalue weighted by Crippen LogP contribution is -2.43. The van der Waals surface area contributed by atoms with Gasteiger partial charge in [0, 0.05) is 71.0 Å². The first-order valence-corrected chi connectivity index (χ1v) is 26.3. The van der Waals surface area contributed by atoms with Crippen molar-refractivity contribution in [1.29, 1.82) is 0 Å². The first-order chi connectivity index (χ1) is 29.9. The monoisotopic (exact) mass is 903 g/mol. The van der Waals surface area contributed by atoms with Crippen LogP contribution in [0.5, 0.6) is 0 Å². The third kappa shape index (κ3) is 16.2. The molecule has 4 N–H and O–H groups in total. The summed E-state index contributed by atoms with van der Waals surface area (Å²) in [6.45, 7) is 22.4. The molecule has 0 aromatic rings. The molecule has 12 nitrogen and oxygen atoms in total. The Bertz CT molecular complexity index is 1520. The predicted molar refractivity (Wildman–Crippen MR) is 261 cm³/mol. The van der Waals surface area contributed by atoms with Gasteiger partial charge < -0.3 is 39.2 Å². The van der Waals surface area contributed by atoms with E-state index >= 15 is 0 Å². The molecule has 12 heteroatoms. The zero-order valence-corrected chi connectivity index (χ0v) is 43.9. The molecule has 4 fully saturated rings. The number of likely N-dealkylation sites (tertiary alicyclic amines) is 4. The van der Waals surface area contributed by atoms with Crippen LogP contribution in [-0.4, -0.2) is 164 Å². The number of carbonyl (C=O) groups is 4. The topological polar surface area (TPSA) is 116 Å². The summed E-state index contributed by atoms with van der Waals surface area (Å²) in [7, 11) is 18.7. The van der Waals surface area contributed by atoms with Crippen molar-refractivity contribution < 1.29 is 37.1 Å². The van der Waals surface area contributed by atoms with Gasteiger partial charge in [0.1, 0.15) is 0 Å². The van der Waals surface area contributed by atoms with E-state index in [4.69, 9.17) is 0 Å². The van der Waals surface area contributed by atoms with E-state index in [1.165, 1.54) is 26.1 Å². The molecular weight excluding hydrogens is 801 g/mol. The zero-order valence-electron chi connectivity index (χ0n) is 43.9. The molecule has 370 valence electrons. The summed E-state index contributed by atoms with van der Waals surface area (Å²) in [6, 6.07) is 0. The van der Waals surface area contributed by atoms with E-state index in [1.807, 2.05) is 20.8 Å². The van der Waals surface area contributed by atoms with Gasteiger partial charge in [-0.1, -0.05) is 41.5 Å². The van der Waals surface area contributed by atoms with Crippen molar-refractivity contribution in [1.82, 2.24) is 21.3 Å². The van der Waals surface area contributed by atoms with Crippen LogP contribution in [0.25, 0.3) is 0 Å². The van der Waals surface area contributed by atoms with E-state index in [0.29, 0.717) is 41.4 Å². The van der Waals surface area contributed by atoms with E-state index < -0.39 is 0 Å². The highest BCUT2D eigenvalue weighted by atomic mass is 16.2. The van der Waals surface area contributed by atoms with Crippen molar-refractivity contribution in [2.45, 2.75) is 119 Å². The number of nitrogens with zero attached hydrogens (tertiary/aromatic N) is 4. The molecule has 0 aromatic carbocycles. The second-order valence-electron chi connectivity index (χ2n) is 24.8. The second-order valence-corrected chi connectivity index (χ2v) is 24.8. The van der Waals surface area contributed by atoms with Gasteiger partial charge in [-0.25, -0.2) is 0 Å². The van der Waals surface area contributed by atoms with Crippen LogP contribution in [0.4, 0.5) is 0 Å². The van der Waals surface area contributed by atoms with Crippen LogP contribution in [0.3, 0.4) is 0 Å². The molecule has 0 aliphatic carbocycles. The van der Waals surface area contributed by atoms with E-state index in [9.17, 15) is 19.2 Å². The number of carbonyl (C=O) groups excluding carboxylic acids is 4. The SMILES string of the molecule is CCC(C)C(=O)NCNC(=O)C(C)CCC1C[N+](C)(C)CC1CCC(CC1C[N+](C)(C)CC1CC)C(=O)NCNC(=O)C(CCC1C[N+](C)(C)CC1CC)CC1C[N+](C)(C)CC1CC. The lowest BCUT2D eigenvalue weighted by molar-refractivity contribution is -0.880. The number of hydrogen-bond acceptors (Lipinski definition) is 4. The van der Waals surface area contributed by atoms with Crippen LogP contribution in [0.2, 0.25) is 0 Å². The molecule has 4 heterocycles. The molecule has 4 aliphatic heterocycles. The minimum absolute atomic E-state index is 0.0135. The number of amides is 4. The fraction of sp³-hybridized carbons (Fsp3) is 0.923. The maximum atomic E-state index is 14.4. The molecule has 12 atom stereocenters. The molecule has 4 aliphatic rings. The van der Waals surface area contributed by atoms with Gasteiger partial charge >= 0.3 is 0 Å². The van der Waals surface area contributed by atoms with Crippen LogP contribution >= 0.6 is 0 Å². The highest BCUT2D eigenvalue weighted by molar-refractivity contribution is 5.81. The molecule has 12 unspecified atom stereocenters. The first kappa shape index (κ1) is 54.3. The Morgan fingerprint density at radius 1 is 0.406 bits per heavy atom. The summed E-state index contributed by atoms with van der Waals surface area (Å²) in [5.74, 6) is 4.48. The summed E-state index contributed by atoms with van der Waals surface area (Å²) in [5.41, 5.74) is 0. The number of quaternary nitrogens is 4. The van der Waals surface area contributed by atoms with Gasteiger partial charge in [-0.2, -0.15) is 0 Å². The van der Waals surface area contributed by atoms with Gasteiger partial charge in [0.15, 0.2) is 0 Å². The van der Waals surface area contributed by atoms with Crippen molar-refractivity contribution in [3.05, 3.63) is 0 Å². The Balaban J connectivity index is 1.40. The van der Waals surface area contributed by atoms with Gasteiger partial charge in [-0.05, 0) is 77.0 Å². The number of nitrogens with one attached hydrogen (secondary N) is 4. The lowest BCUT2D eigenvalue weighted by Gasteiger charge is -2.27. The minimum Gasteiger partial charge on any atom is -0.338 e. The third-order valence-electron chi connectivity index (χ3n) is 17.3. The van der Waals surface area contributed by atoms with Crippen LogP contribution in [-0.2, 0) is 19.2 Å². The molecule has 0 aromatic heterocycles. The summed E-state index contributed by atoms with van der Waals surface area (Å²) in [6.07, 6.45) is 11.8. The molecule has 4 rings (SSSR count). The van der Waals surface area contributed by atoms with E-state index in [-0.39, 0.29) is 60.6 Å². The Morgan fingerprint density at radius 3 is 1.05 bits per heavy atom. The summed E-state index contributed by atoms with van der Waals surface area (Å²) in [5, 5.41) is 12.3. The summed E-state index contributed by atoms with van der Waals surface area (Å²) >= 11 is 0. The quantitative estimate of drug-likeness (QED) is 0.0673. The normalized spacial score (nSPS) is 30.9. The average molecular weight is 903 g/mol. The highest BCUT2D eigenvalue weighted by Gasteiger charge is 2.45. The van der Waals surface area contributed by atoms with Crippen LogP contribution in [0.15, 0.2) is 0 Å². The standard InChI is InChI=1S/C52H98N8O4/c1-15-37(5)49(61)53-35-54-50(62)38(6)19-20-45-31-60(13,14)32-46(45)24-22-43(26-48-34-59(11,12)29-41(48)18-4)52(64)56-36-55-51(63)42(25-47-33-58(9,10)28-40(47)17-3)21-23-44-30-57(7,8)27-39(44)16-2/h37-48H,15-36H2,1-14H3/p+4. The number of hydrogen-bond donors (Lipinski definition) is 4. The Labute approximate surface area is 392 Å². The molecule has 4 amide bonds. The minimum atomic E-state index is -0.139. The second kappa shape index (κ2) is 23.6. The largest absolute Gasteiger partial charge is 0.338 e. The predicted octanol–water partition coefficient (Wildman–Crippen LogP) is 5.92. The van der Waals surface area contributed by atoms with Gasteiger partial charge in [0.2, 0.25) is 23.6 Å². The van der Waals surface area contributed by atoms with Crippen LogP contribution in [0.1, 0.15) is 119 Å². The maximum Gasteiger partial charge on any atom is 0.224 e. The fourth-order valence-corrected chi connectivity index (χ4v) is 13.6. The van der Waals surface area contributed by atoms with Crippen LogP contribution < -0.4 is 21.3 Å². The van der Waals surface area contributed by atoms with Crippen molar-refractivity contribution in [3.63, 3.8) is 0 Å². The maximum absolute atomic E-state index is 14.4. The van der Waals surface area contributed by atoms with Gasteiger partial charge in [-0.15, -0.1) is 0 Å². The molecule has 0 bridgehead atoms. The molecular formula is C52H102N8O4+4. The highest BCUT2D eigenvalue weighted by Crippen LogP contribution is 2.40. The van der Waals surface area contributed by atoms with Crippen molar-refractivity contribution in [2.75, 3.05) is 122 Å². The van der Waals surface area contributed by atoms with Crippen molar-refractivity contribution >= 4 is 23.6 Å². The Kier molecular flexibility index (Phi) is 20.1. The Hall–Kier alpha value is -2.28. The van der Waals surface area contributed by atoms with E-state index in [2.05, 4.69) is 98.4 Å². The van der Waals surface area contributed by atoms with Crippen LogP contribution in [0, 0.1) is 71.0 Å². The van der Waals surface area contributed by atoms with Crippen molar-refractivity contribution in [2.24, 2.45) is 71.0 Å². The van der Waals surface area contributed by atoms with Gasteiger partial charge in [-0.3, -0.25) is 19.2 Å². The lowest BCUT2D eigenvalue weighted by atomic mass is 9.80. The smallest absolute Gasteiger partial charge is 0.224 e. The molecule has 0 radical (unpaired) electrons. The number of rotatable bonds is 25. The molecule has 64 heavy (non-hydrogen) atoms. The van der Waals surface area contributed by atoms with Gasteiger partial charge in [0.25, 0.3) is 0 Å². The Morgan fingerprint density at radius 2 is 0.688 bits per heavy atom. The molecule has 0 spiro atoms. The van der Waals surface area contributed by atoms with E-state index in [0.717, 1.165) is 127 Å². The average Bonchev–Trinajstić information content (AvgIpc) is 3.91. The fourth-order valence-electron chi connectivity index (χ4n) is 13.6.